The third kappa shape index (κ3) is 5.18. The van der Waals surface area contributed by atoms with Gasteiger partial charge in [-0.1, -0.05) is 6.92 Å². The topological polar surface area (TPSA) is 46.1 Å². The van der Waals surface area contributed by atoms with Gasteiger partial charge >= 0.3 is 6.41 Å². The van der Waals surface area contributed by atoms with Crippen LogP contribution in [0.25, 0.3) is 0 Å². The van der Waals surface area contributed by atoms with E-state index >= 15 is 0 Å². The van der Waals surface area contributed by atoms with E-state index in [-0.39, 0.29) is 5.60 Å². The molecule has 0 rings (SSSR count). The molecule has 3 heteroatoms. The monoisotopic (exact) mass is 162 g/mol. The molecule has 0 amide bonds. The number of nitrogens with two attached hydrogens (primary N) is 1. The van der Waals surface area contributed by atoms with Crippen molar-refractivity contribution < 1.29 is 15.2 Å². The summed E-state index contributed by atoms with van der Waals surface area (Å²) in [6.07, 6.45) is 0.191. The van der Waals surface area contributed by atoms with E-state index in [9.17, 15) is 5.11 Å². The van der Waals surface area contributed by atoms with Crippen LogP contribution in [0.15, 0.2) is 0 Å². The normalized spacial score (nSPS) is 15.0. The number of quaternary nitrogens is 1. The molecule has 0 fully saturated rings. The Labute approximate surface area is 68.8 Å². The molecule has 0 saturated carbocycles. The maximum Gasteiger partial charge on any atom is 0.303 e. The van der Waals surface area contributed by atoms with Gasteiger partial charge in [-0.15, -0.1) is 0 Å². The number of rotatable bonds is 5. The molecule has 0 spiro atoms. The molecule has 0 unspecified atom stereocenters. The van der Waals surface area contributed by atoms with Crippen LogP contribution in [-0.2, 0) is 4.74 Å². The van der Waals surface area contributed by atoms with Crippen LogP contribution < -0.4 is 5.32 Å². The van der Waals surface area contributed by atoms with Gasteiger partial charge in [0.25, 0.3) is 0 Å². The molecule has 11 heavy (non-hydrogen) atoms. The lowest BCUT2D eigenvalue weighted by Crippen LogP contribution is -2.90. The number of aliphatic hydroxyl groups excluding tert-OH is 1. The fourth-order valence-corrected chi connectivity index (χ4v) is 0.660. The van der Waals surface area contributed by atoms with Crippen LogP contribution >= 0.6 is 0 Å². The summed E-state index contributed by atoms with van der Waals surface area (Å²) in [6.45, 7) is 8.80. The van der Waals surface area contributed by atoms with E-state index in [1.165, 1.54) is 0 Å². The molecule has 0 aromatic heterocycles. The molecule has 0 radical (unpaired) electrons. The highest BCUT2D eigenvalue weighted by Gasteiger charge is 2.21. The van der Waals surface area contributed by atoms with Crippen molar-refractivity contribution in [3.8, 4) is 0 Å². The summed E-state index contributed by atoms with van der Waals surface area (Å²) in [6, 6.07) is 0. The second-order valence-electron chi connectivity index (χ2n) is 3.27. The van der Waals surface area contributed by atoms with E-state index in [1.807, 2.05) is 27.7 Å². The number of hydrogen-bond acceptors (Lipinski definition) is 2. The summed E-state index contributed by atoms with van der Waals surface area (Å²) in [7, 11) is 0. The second kappa shape index (κ2) is 4.70. The first-order valence-electron chi connectivity index (χ1n) is 4.21. The maximum atomic E-state index is 9.24. The molecule has 0 aromatic rings. The second-order valence-corrected chi connectivity index (χ2v) is 3.27. The van der Waals surface area contributed by atoms with Crippen molar-refractivity contribution in [1.29, 1.82) is 0 Å². The van der Waals surface area contributed by atoms with Gasteiger partial charge in [-0.2, -0.15) is 0 Å². The molecular formula is C8H20NO2+. The Hall–Kier alpha value is -0.120. The Morgan fingerprint density at radius 3 is 2.36 bits per heavy atom. The molecule has 0 aliphatic rings. The van der Waals surface area contributed by atoms with Gasteiger partial charge in [-0.25, -0.2) is 0 Å². The minimum absolute atomic E-state index is 0.217. The van der Waals surface area contributed by atoms with Gasteiger partial charge in [0.05, 0.1) is 12.1 Å². The van der Waals surface area contributed by atoms with Crippen LogP contribution in [0.5, 0.6) is 0 Å². The predicted octanol–water partition coefficient (Wildman–Crippen LogP) is 0.0508. The van der Waals surface area contributed by atoms with Gasteiger partial charge < -0.3 is 5.11 Å². The molecule has 0 saturated heterocycles. The molecule has 0 bridgehead atoms. The van der Waals surface area contributed by atoms with E-state index in [2.05, 4.69) is 0 Å². The van der Waals surface area contributed by atoms with Gasteiger partial charge in [-0.3, -0.25) is 10.1 Å². The van der Waals surface area contributed by atoms with Crippen molar-refractivity contribution in [2.45, 2.75) is 46.1 Å². The molecule has 0 aromatic carbocycles. The van der Waals surface area contributed by atoms with Crippen molar-refractivity contribution in [3.05, 3.63) is 0 Å². The predicted molar refractivity (Wildman–Crippen MR) is 43.9 cm³/mol. The average molecular weight is 162 g/mol. The SMILES string of the molecule is CC[NH2+][C@@H](O)OC(C)(C)CC. The Kier molecular flexibility index (Phi) is 4.65. The average Bonchev–Trinajstić information content (AvgIpc) is 1.87. The maximum absolute atomic E-state index is 9.24. The van der Waals surface area contributed by atoms with Gasteiger partial charge in [0, 0.05) is 0 Å². The Morgan fingerprint density at radius 2 is 2.00 bits per heavy atom. The minimum Gasteiger partial charge on any atom is -0.321 e. The molecule has 3 nitrogen and oxygen atoms in total. The first kappa shape index (κ1) is 10.9. The van der Waals surface area contributed by atoms with Crippen LogP contribution in [0.1, 0.15) is 34.1 Å². The zero-order valence-electron chi connectivity index (χ0n) is 7.92. The molecule has 0 aliphatic heterocycles. The number of hydrogen-bond donors (Lipinski definition) is 2. The number of ether oxygens (including phenoxy) is 1. The Balaban J connectivity index is 3.64. The lowest BCUT2D eigenvalue weighted by atomic mass is 10.1. The van der Waals surface area contributed by atoms with Gasteiger partial charge in [0.15, 0.2) is 0 Å². The first-order chi connectivity index (χ1) is 5.02. The van der Waals surface area contributed by atoms with E-state index < -0.39 is 6.41 Å². The van der Waals surface area contributed by atoms with Crippen molar-refractivity contribution >= 4 is 0 Å². The quantitative estimate of drug-likeness (QED) is 0.561. The first-order valence-corrected chi connectivity index (χ1v) is 4.21. The summed E-state index contributed by atoms with van der Waals surface area (Å²) >= 11 is 0. The van der Waals surface area contributed by atoms with Crippen LogP contribution in [0, 0.1) is 0 Å². The van der Waals surface area contributed by atoms with Crippen LogP contribution in [-0.4, -0.2) is 23.7 Å². The van der Waals surface area contributed by atoms with Crippen molar-refractivity contribution in [1.82, 2.24) is 0 Å². The van der Waals surface area contributed by atoms with Crippen LogP contribution in [0.2, 0.25) is 0 Å². The van der Waals surface area contributed by atoms with Gasteiger partial charge in [0.1, 0.15) is 0 Å². The highest BCUT2D eigenvalue weighted by molar-refractivity contribution is 4.63. The number of aliphatic hydroxyl groups is 1. The largest absolute Gasteiger partial charge is 0.321 e. The van der Waals surface area contributed by atoms with E-state index in [0.29, 0.717) is 0 Å². The van der Waals surface area contributed by atoms with E-state index in [0.717, 1.165) is 13.0 Å². The zero-order chi connectivity index (χ0) is 8.91. The summed E-state index contributed by atoms with van der Waals surface area (Å²) in [4.78, 5) is 0. The lowest BCUT2D eigenvalue weighted by Gasteiger charge is -2.24. The van der Waals surface area contributed by atoms with Gasteiger partial charge in [-0.05, 0) is 27.2 Å². The zero-order valence-corrected chi connectivity index (χ0v) is 7.92. The Morgan fingerprint density at radius 1 is 1.45 bits per heavy atom. The van der Waals surface area contributed by atoms with E-state index in [1.54, 1.807) is 5.32 Å². The van der Waals surface area contributed by atoms with E-state index in [4.69, 9.17) is 4.74 Å². The van der Waals surface area contributed by atoms with Crippen LogP contribution in [0.3, 0.4) is 0 Å². The molecule has 68 valence electrons. The fraction of sp³-hybridized carbons (Fsp3) is 1.00. The molecular weight excluding hydrogens is 142 g/mol. The highest BCUT2D eigenvalue weighted by atomic mass is 16.6. The van der Waals surface area contributed by atoms with Crippen LogP contribution in [0.4, 0.5) is 0 Å². The summed E-state index contributed by atoms with van der Waals surface area (Å²) < 4.78 is 5.33. The minimum atomic E-state index is -0.713. The summed E-state index contributed by atoms with van der Waals surface area (Å²) in [5, 5.41) is 11.0. The van der Waals surface area contributed by atoms with Crippen molar-refractivity contribution in [3.63, 3.8) is 0 Å². The molecule has 0 heterocycles. The van der Waals surface area contributed by atoms with Crippen molar-refractivity contribution in [2.24, 2.45) is 0 Å². The van der Waals surface area contributed by atoms with Gasteiger partial charge in [0.2, 0.25) is 0 Å². The third-order valence-electron chi connectivity index (χ3n) is 1.73. The van der Waals surface area contributed by atoms with Crippen molar-refractivity contribution in [2.75, 3.05) is 6.54 Å². The standard InChI is InChI=1S/C8H19NO2/c1-5-8(3,4)11-7(10)9-6-2/h7,9-10H,5-6H2,1-4H3/p+1/t7-/m0/s1. The molecule has 0 aliphatic carbocycles. The molecule has 3 N–H and O–H groups in total. The Bertz CT molecular complexity index is 104. The highest BCUT2D eigenvalue weighted by Crippen LogP contribution is 2.13. The lowest BCUT2D eigenvalue weighted by molar-refractivity contribution is -0.767. The smallest absolute Gasteiger partial charge is 0.303 e. The third-order valence-corrected chi connectivity index (χ3v) is 1.73. The molecule has 1 atom stereocenters. The summed E-state index contributed by atoms with van der Waals surface area (Å²) in [5.41, 5.74) is -0.217. The fourth-order valence-electron chi connectivity index (χ4n) is 0.660. The summed E-state index contributed by atoms with van der Waals surface area (Å²) in [5.74, 6) is 0.